The number of benzene rings is 1. The molecule has 0 radical (unpaired) electrons. The lowest BCUT2D eigenvalue weighted by molar-refractivity contribution is -0.150. The molecule has 1 aromatic carbocycles. The Balaban J connectivity index is 1.99. The minimum Gasteiger partial charge on any atom is -0.455 e. The zero-order valence-corrected chi connectivity index (χ0v) is 16.1. The van der Waals surface area contributed by atoms with Crippen LogP contribution in [0.1, 0.15) is 31.7 Å². The van der Waals surface area contributed by atoms with E-state index in [9.17, 15) is 9.59 Å². The van der Waals surface area contributed by atoms with Crippen molar-refractivity contribution in [2.75, 3.05) is 11.9 Å². The van der Waals surface area contributed by atoms with Gasteiger partial charge in [-0.15, -0.1) is 0 Å². The van der Waals surface area contributed by atoms with Gasteiger partial charge in [-0.3, -0.25) is 9.59 Å². The van der Waals surface area contributed by atoms with Crippen LogP contribution in [0.4, 0.5) is 5.82 Å². The largest absolute Gasteiger partial charge is 0.455 e. The number of ether oxygens (including phenoxy) is 1. The highest BCUT2D eigenvalue weighted by atomic mass is 35.5. The van der Waals surface area contributed by atoms with E-state index in [2.05, 4.69) is 10.3 Å². The van der Waals surface area contributed by atoms with Crippen LogP contribution in [0.15, 0.2) is 42.6 Å². The molecule has 138 valence electrons. The van der Waals surface area contributed by atoms with Crippen LogP contribution in [0.5, 0.6) is 0 Å². The third kappa shape index (κ3) is 5.44. The molecule has 0 spiro atoms. The number of esters is 1. The SMILES string of the molecule is CCC(C)C(C(=O)OCC(=O)Nc1ncc(Cl)cc1Cl)c1ccccc1. The molecule has 2 unspecified atom stereocenters. The maximum absolute atomic E-state index is 12.6. The standard InChI is InChI=1S/C19H20Cl2N2O3/c1-3-12(2)17(13-7-5-4-6-8-13)19(25)26-11-16(24)23-18-15(21)9-14(20)10-22-18/h4-10,12,17H,3,11H2,1-2H3,(H,22,23,24). The number of carbonyl (C=O) groups excluding carboxylic acids is 2. The van der Waals surface area contributed by atoms with E-state index >= 15 is 0 Å². The molecule has 0 aliphatic rings. The summed E-state index contributed by atoms with van der Waals surface area (Å²) in [6.07, 6.45) is 2.18. The first kappa shape index (κ1) is 20.2. The van der Waals surface area contributed by atoms with E-state index in [1.807, 2.05) is 44.2 Å². The van der Waals surface area contributed by atoms with Crippen LogP contribution in [-0.2, 0) is 14.3 Å². The topological polar surface area (TPSA) is 68.3 Å². The molecule has 0 aliphatic carbocycles. The normalized spacial score (nSPS) is 12.9. The van der Waals surface area contributed by atoms with Crippen LogP contribution in [-0.4, -0.2) is 23.5 Å². The van der Waals surface area contributed by atoms with Gasteiger partial charge in [0.2, 0.25) is 0 Å². The van der Waals surface area contributed by atoms with Gasteiger partial charge >= 0.3 is 5.97 Å². The smallest absolute Gasteiger partial charge is 0.314 e. The molecule has 2 atom stereocenters. The van der Waals surface area contributed by atoms with Crippen LogP contribution in [0, 0.1) is 5.92 Å². The average Bonchev–Trinajstić information content (AvgIpc) is 2.63. The molecule has 2 aromatic rings. The number of nitrogens with zero attached hydrogens (tertiary/aromatic N) is 1. The lowest BCUT2D eigenvalue weighted by Gasteiger charge is -2.21. The monoisotopic (exact) mass is 394 g/mol. The summed E-state index contributed by atoms with van der Waals surface area (Å²) in [5.41, 5.74) is 0.870. The van der Waals surface area contributed by atoms with Crippen molar-refractivity contribution >= 4 is 40.9 Å². The van der Waals surface area contributed by atoms with Crippen LogP contribution in [0.3, 0.4) is 0 Å². The van der Waals surface area contributed by atoms with E-state index in [1.54, 1.807) is 0 Å². The third-order valence-corrected chi connectivity index (χ3v) is 4.53. The fourth-order valence-electron chi connectivity index (χ4n) is 2.49. The van der Waals surface area contributed by atoms with Gasteiger partial charge in [0, 0.05) is 6.20 Å². The summed E-state index contributed by atoms with van der Waals surface area (Å²) in [5, 5.41) is 3.06. The number of anilines is 1. The molecule has 1 heterocycles. The van der Waals surface area contributed by atoms with Gasteiger partial charge in [-0.05, 0) is 17.5 Å². The van der Waals surface area contributed by atoms with E-state index in [0.29, 0.717) is 5.02 Å². The quantitative estimate of drug-likeness (QED) is 0.690. The third-order valence-electron chi connectivity index (χ3n) is 4.04. The molecule has 2 rings (SSSR count). The first-order valence-corrected chi connectivity index (χ1v) is 9.00. The molecule has 1 amide bonds. The Morgan fingerprint density at radius 3 is 2.54 bits per heavy atom. The molecule has 0 aliphatic heterocycles. The number of rotatable bonds is 7. The highest BCUT2D eigenvalue weighted by molar-refractivity contribution is 6.36. The Labute approximate surface area is 162 Å². The molecule has 0 saturated heterocycles. The number of halogens is 2. The van der Waals surface area contributed by atoms with Crippen LogP contribution < -0.4 is 5.32 Å². The van der Waals surface area contributed by atoms with Crippen LogP contribution in [0.25, 0.3) is 0 Å². The van der Waals surface area contributed by atoms with E-state index in [4.69, 9.17) is 27.9 Å². The summed E-state index contributed by atoms with van der Waals surface area (Å²) in [7, 11) is 0. The number of hydrogen-bond acceptors (Lipinski definition) is 4. The van der Waals surface area contributed by atoms with Crippen molar-refractivity contribution in [3.63, 3.8) is 0 Å². The highest BCUT2D eigenvalue weighted by Gasteiger charge is 2.27. The van der Waals surface area contributed by atoms with Gasteiger partial charge in [0.1, 0.15) is 0 Å². The van der Waals surface area contributed by atoms with Crippen molar-refractivity contribution in [3.8, 4) is 0 Å². The number of aromatic nitrogens is 1. The predicted molar refractivity (Wildman–Crippen MR) is 102 cm³/mol. The Morgan fingerprint density at radius 1 is 1.23 bits per heavy atom. The average molecular weight is 395 g/mol. The lowest BCUT2D eigenvalue weighted by atomic mass is 9.86. The summed E-state index contributed by atoms with van der Waals surface area (Å²) in [6.45, 7) is 3.57. The Morgan fingerprint density at radius 2 is 1.92 bits per heavy atom. The maximum Gasteiger partial charge on any atom is 0.314 e. The second-order valence-electron chi connectivity index (χ2n) is 5.91. The number of carbonyl (C=O) groups is 2. The maximum atomic E-state index is 12.6. The molecule has 1 N–H and O–H groups in total. The van der Waals surface area contributed by atoms with Crippen molar-refractivity contribution in [2.24, 2.45) is 5.92 Å². The fraction of sp³-hybridized carbons (Fsp3) is 0.316. The van der Waals surface area contributed by atoms with Gasteiger partial charge in [-0.25, -0.2) is 4.98 Å². The van der Waals surface area contributed by atoms with E-state index in [-0.39, 0.29) is 16.8 Å². The molecular weight excluding hydrogens is 375 g/mol. The van der Waals surface area contributed by atoms with E-state index in [0.717, 1.165) is 12.0 Å². The molecule has 0 saturated carbocycles. The van der Waals surface area contributed by atoms with Gasteiger partial charge in [0.25, 0.3) is 5.91 Å². The Hall–Kier alpha value is -2.11. The number of pyridine rings is 1. The summed E-state index contributed by atoms with van der Waals surface area (Å²) >= 11 is 11.7. The highest BCUT2D eigenvalue weighted by Crippen LogP contribution is 2.28. The predicted octanol–water partition coefficient (Wildman–Crippen LogP) is 4.70. The zero-order valence-electron chi connectivity index (χ0n) is 14.5. The minimum atomic E-state index is -0.522. The molecule has 7 heteroatoms. The molecule has 5 nitrogen and oxygen atoms in total. The second-order valence-corrected chi connectivity index (χ2v) is 6.76. The van der Waals surface area contributed by atoms with Gasteiger partial charge in [0.15, 0.2) is 12.4 Å². The molecule has 26 heavy (non-hydrogen) atoms. The first-order chi connectivity index (χ1) is 12.4. The van der Waals surface area contributed by atoms with E-state index in [1.165, 1.54) is 12.3 Å². The Bertz CT molecular complexity index is 769. The molecule has 0 fully saturated rings. The fourth-order valence-corrected chi connectivity index (χ4v) is 2.92. The van der Waals surface area contributed by atoms with Crippen LogP contribution >= 0.6 is 23.2 Å². The molecular formula is C19H20Cl2N2O3. The summed E-state index contributed by atoms with van der Waals surface area (Å²) in [5.74, 6) is -1.13. The summed E-state index contributed by atoms with van der Waals surface area (Å²) in [6, 6.07) is 10.9. The van der Waals surface area contributed by atoms with Gasteiger partial charge in [0.05, 0.1) is 16.0 Å². The molecule has 1 aromatic heterocycles. The second kappa shape index (κ2) is 9.55. The van der Waals surface area contributed by atoms with Gasteiger partial charge in [-0.1, -0.05) is 73.8 Å². The van der Waals surface area contributed by atoms with Gasteiger partial charge in [-0.2, -0.15) is 0 Å². The van der Waals surface area contributed by atoms with Crippen molar-refractivity contribution in [2.45, 2.75) is 26.2 Å². The van der Waals surface area contributed by atoms with Crippen molar-refractivity contribution in [1.29, 1.82) is 0 Å². The zero-order chi connectivity index (χ0) is 19.1. The van der Waals surface area contributed by atoms with Crippen LogP contribution in [0.2, 0.25) is 10.0 Å². The number of hydrogen-bond donors (Lipinski definition) is 1. The lowest BCUT2D eigenvalue weighted by Crippen LogP contribution is -2.27. The molecule has 0 bridgehead atoms. The number of nitrogens with one attached hydrogen (secondary N) is 1. The van der Waals surface area contributed by atoms with E-state index < -0.39 is 24.4 Å². The summed E-state index contributed by atoms with van der Waals surface area (Å²) < 4.78 is 5.23. The van der Waals surface area contributed by atoms with Gasteiger partial charge < -0.3 is 10.1 Å². The first-order valence-electron chi connectivity index (χ1n) is 8.24. The van der Waals surface area contributed by atoms with Crippen molar-refractivity contribution in [3.05, 3.63) is 58.2 Å². The van der Waals surface area contributed by atoms with Crippen molar-refractivity contribution < 1.29 is 14.3 Å². The summed E-state index contributed by atoms with van der Waals surface area (Å²) in [4.78, 5) is 28.5. The number of amides is 1. The van der Waals surface area contributed by atoms with Crippen molar-refractivity contribution in [1.82, 2.24) is 4.98 Å². The Kier molecular flexibility index (Phi) is 7.42. The minimum absolute atomic E-state index is 0.0836.